The Morgan fingerprint density at radius 2 is 2.00 bits per heavy atom. The van der Waals surface area contributed by atoms with Crippen molar-refractivity contribution < 1.29 is 23.8 Å². The quantitative estimate of drug-likeness (QED) is 0.605. The second-order valence-electron chi connectivity index (χ2n) is 5.20. The summed E-state index contributed by atoms with van der Waals surface area (Å²) in [7, 11) is 2.74. The fourth-order valence-electron chi connectivity index (χ4n) is 2.16. The molecular formula is C18H16N2O5S2. The smallest absolute Gasteiger partial charge is 0.343 e. The zero-order valence-electron chi connectivity index (χ0n) is 14.6. The number of nitrogens with zero attached hydrogens (tertiary/aromatic N) is 1. The SMILES string of the molecule is COC(=O)COc1cc(C(=O)Nc2nc(-c3cccs3)cs2)ccc1OC. The standard InChI is InChI=1S/C18H16N2O5S2/c1-23-13-6-5-11(8-14(13)25-9-16(21)24-2)17(22)20-18-19-12(10-27-18)15-4-3-7-26-15/h3-8,10H,9H2,1-2H3,(H,19,20,22). The Bertz CT molecular complexity index is 937. The lowest BCUT2D eigenvalue weighted by Crippen LogP contribution is -2.15. The molecule has 140 valence electrons. The topological polar surface area (TPSA) is 86.8 Å². The number of thiophene rings is 1. The molecule has 0 spiro atoms. The normalized spacial score (nSPS) is 10.3. The average Bonchev–Trinajstić information content (AvgIpc) is 3.37. The molecule has 2 aromatic heterocycles. The first kappa shape index (κ1) is 18.9. The second-order valence-corrected chi connectivity index (χ2v) is 7.01. The highest BCUT2D eigenvalue weighted by atomic mass is 32.1. The van der Waals surface area contributed by atoms with Crippen LogP contribution in [0.2, 0.25) is 0 Å². The molecule has 0 aliphatic heterocycles. The van der Waals surface area contributed by atoms with Crippen LogP contribution in [0.3, 0.4) is 0 Å². The van der Waals surface area contributed by atoms with Crippen molar-refractivity contribution in [2.75, 3.05) is 26.1 Å². The molecule has 3 rings (SSSR count). The van der Waals surface area contributed by atoms with Crippen molar-refractivity contribution in [3.05, 3.63) is 46.7 Å². The fourth-order valence-corrected chi connectivity index (χ4v) is 3.63. The fraction of sp³-hybridized carbons (Fsp3) is 0.167. The van der Waals surface area contributed by atoms with Crippen LogP contribution in [-0.4, -0.2) is 37.7 Å². The number of carbonyl (C=O) groups is 2. The number of carbonyl (C=O) groups excluding carboxylic acids is 2. The predicted molar refractivity (Wildman–Crippen MR) is 104 cm³/mol. The number of anilines is 1. The van der Waals surface area contributed by atoms with E-state index < -0.39 is 5.97 Å². The third-order valence-corrected chi connectivity index (χ3v) is 5.15. The lowest BCUT2D eigenvalue weighted by Gasteiger charge is -2.11. The number of ether oxygens (including phenoxy) is 3. The Kier molecular flexibility index (Phi) is 6.05. The number of benzene rings is 1. The van der Waals surface area contributed by atoms with E-state index in [1.807, 2.05) is 22.9 Å². The van der Waals surface area contributed by atoms with Crippen LogP contribution in [0.25, 0.3) is 10.6 Å². The monoisotopic (exact) mass is 404 g/mol. The molecule has 0 saturated heterocycles. The summed E-state index contributed by atoms with van der Waals surface area (Å²) in [6.45, 7) is -0.283. The van der Waals surface area contributed by atoms with Gasteiger partial charge in [0.2, 0.25) is 0 Å². The van der Waals surface area contributed by atoms with E-state index in [-0.39, 0.29) is 18.3 Å². The van der Waals surface area contributed by atoms with Gasteiger partial charge in [-0.1, -0.05) is 6.07 Å². The van der Waals surface area contributed by atoms with E-state index in [4.69, 9.17) is 9.47 Å². The van der Waals surface area contributed by atoms with Gasteiger partial charge >= 0.3 is 5.97 Å². The molecule has 0 atom stereocenters. The lowest BCUT2D eigenvalue weighted by molar-refractivity contribution is -0.142. The van der Waals surface area contributed by atoms with Gasteiger partial charge in [0.1, 0.15) is 0 Å². The molecule has 0 bridgehead atoms. The third kappa shape index (κ3) is 4.63. The van der Waals surface area contributed by atoms with Crippen molar-refractivity contribution in [3.63, 3.8) is 0 Å². The van der Waals surface area contributed by atoms with Crippen molar-refractivity contribution in [1.82, 2.24) is 4.98 Å². The molecular weight excluding hydrogens is 388 g/mol. The van der Waals surface area contributed by atoms with Crippen LogP contribution in [0.1, 0.15) is 10.4 Å². The number of hydrogen-bond acceptors (Lipinski definition) is 8. The van der Waals surface area contributed by atoms with Crippen LogP contribution < -0.4 is 14.8 Å². The molecule has 1 N–H and O–H groups in total. The van der Waals surface area contributed by atoms with E-state index >= 15 is 0 Å². The van der Waals surface area contributed by atoms with Crippen molar-refractivity contribution in [2.45, 2.75) is 0 Å². The first-order valence-electron chi connectivity index (χ1n) is 7.79. The van der Waals surface area contributed by atoms with E-state index in [1.165, 1.54) is 31.6 Å². The van der Waals surface area contributed by atoms with Crippen LogP contribution in [-0.2, 0) is 9.53 Å². The number of thiazole rings is 1. The van der Waals surface area contributed by atoms with Crippen molar-refractivity contribution in [3.8, 4) is 22.1 Å². The highest BCUT2D eigenvalue weighted by Gasteiger charge is 2.15. The Hall–Kier alpha value is -2.91. The average molecular weight is 404 g/mol. The van der Waals surface area contributed by atoms with Crippen LogP contribution in [0, 0.1) is 0 Å². The molecule has 0 aliphatic carbocycles. The minimum absolute atomic E-state index is 0.272. The van der Waals surface area contributed by atoms with Crippen LogP contribution in [0.15, 0.2) is 41.1 Å². The van der Waals surface area contributed by atoms with Crippen molar-refractivity contribution >= 4 is 39.7 Å². The molecule has 1 aromatic carbocycles. The summed E-state index contributed by atoms with van der Waals surface area (Å²) >= 11 is 2.93. The zero-order chi connectivity index (χ0) is 19.2. The highest BCUT2D eigenvalue weighted by molar-refractivity contribution is 7.16. The molecule has 1 amide bonds. The molecule has 0 saturated carbocycles. The Morgan fingerprint density at radius 1 is 1.15 bits per heavy atom. The Labute approximate surface area is 163 Å². The van der Waals surface area contributed by atoms with Gasteiger partial charge in [0, 0.05) is 10.9 Å². The largest absolute Gasteiger partial charge is 0.493 e. The molecule has 9 heteroatoms. The summed E-state index contributed by atoms with van der Waals surface area (Å²) in [4.78, 5) is 29.3. The second kappa shape index (κ2) is 8.65. The summed E-state index contributed by atoms with van der Waals surface area (Å²) in [6, 6.07) is 8.63. The highest BCUT2D eigenvalue weighted by Crippen LogP contribution is 2.30. The Balaban J connectivity index is 1.73. The number of amides is 1. The van der Waals surface area contributed by atoms with Crippen LogP contribution in [0.5, 0.6) is 11.5 Å². The number of rotatable bonds is 7. The number of nitrogens with one attached hydrogen (secondary N) is 1. The molecule has 0 unspecified atom stereocenters. The van der Waals surface area contributed by atoms with E-state index in [2.05, 4.69) is 15.0 Å². The molecule has 2 heterocycles. The number of hydrogen-bond donors (Lipinski definition) is 1. The molecule has 7 nitrogen and oxygen atoms in total. The van der Waals surface area contributed by atoms with Crippen molar-refractivity contribution in [2.24, 2.45) is 0 Å². The maximum atomic E-state index is 12.5. The first-order valence-corrected chi connectivity index (χ1v) is 9.55. The van der Waals surface area contributed by atoms with Crippen LogP contribution >= 0.6 is 22.7 Å². The Morgan fingerprint density at radius 3 is 2.70 bits per heavy atom. The zero-order valence-corrected chi connectivity index (χ0v) is 16.2. The van der Waals surface area contributed by atoms with Gasteiger partial charge in [-0.3, -0.25) is 10.1 Å². The molecule has 0 fully saturated rings. The van der Waals surface area contributed by atoms with E-state index in [1.54, 1.807) is 23.5 Å². The summed E-state index contributed by atoms with van der Waals surface area (Å²) in [5, 5.41) is 7.12. The third-order valence-electron chi connectivity index (χ3n) is 3.50. The van der Waals surface area contributed by atoms with Gasteiger partial charge in [0.25, 0.3) is 5.91 Å². The van der Waals surface area contributed by atoms with Gasteiger partial charge in [-0.2, -0.15) is 0 Å². The number of aromatic nitrogens is 1. The summed E-state index contributed by atoms with van der Waals surface area (Å²) in [5.74, 6) is -0.193. The predicted octanol–water partition coefficient (Wildman–Crippen LogP) is 3.68. The lowest BCUT2D eigenvalue weighted by atomic mass is 10.2. The summed E-state index contributed by atoms with van der Waals surface area (Å²) < 4.78 is 15.1. The van der Waals surface area contributed by atoms with Gasteiger partial charge < -0.3 is 14.2 Å². The van der Waals surface area contributed by atoms with E-state index in [0.717, 1.165) is 10.6 Å². The summed E-state index contributed by atoms with van der Waals surface area (Å²) in [6.07, 6.45) is 0. The molecule has 0 aliphatic rings. The number of esters is 1. The number of methoxy groups -OCH3 is 2. The molecule has 0 radical (unpaired) electrons. The maximum absolute atomic E-state index is 12.5. The van der Waals surface area contributed by atoms with Crippen molar-refractivity contribution in [1.29, 1.82) is 0 Å². The first-order chi connectivity index (χ1) is 13.1. The molecule has 27 heavy (non-hydrogen) atoms. The minimum atomic E-state index is -0.532. The van der Waals surface area contributed by atoms with E-state index in [0.29, 0.717) is 16.4 Å². The van der Waals surface area contributed by atoms with Gasteiger partial charge in [-0.05, 0) is 29.6 Å². The van der Waals surface area contributed by atoms with Gasteiger partial charge in [0.05, 0.1) is 24.8 Å². The van der Waals surface area contributed by atoms with Gasteiger partial charge in [0.15, 0.2) is 23.2 Å². The maximum Gasteiger partial charge on any atom is 0.343 e. The molecule has 3 aromatic rings. The van der Waals surface area contributed by atoms with Gasteiger partial charge in [-0.25, -0.2) is 9.78 Å². The van der Waals surface area contributed by atoms with E-state index in [9.17, 15) is 9.59 Å². The van der Waals surface area contributed by atoms with Crippen LogP contribution in [0.4, 0.5) is 5.13 Å². The van der Waals surface area contributed by atoms with Gasteiger partial charge in [-0.15, -0.1) is 22.7 Å². The minimum Gasteiger partial charge on any atom is -0.493 e. The summed E-state index contributed by atoms with van der Waals surface area (Å²) in [5.41, 5.74) is 1.17.